The number of anilines is 1. The summed E-state index contributed by atoms with van der Waals surface area (Å²) in [5, 5.41) is 9.77. The van der Waals surface area contributed by atoms with Crippen LogP contribution in [0.1, 0.15) is 19.4 Å². The Kier molecular flexibility index (Phi) is 6.40. The molecule has 0 atom stereocenters. The molecule has 1 aliphatic rings. The van der Waals surface area contributed by atoms with E-state index in [0.29, 0.717) is 22.8 Å². The van der Waals surface area contributed by atoms with Gasteiger partial charge in [0.25, 0.3) is 5.91 Å². The summed E-state index contributed by atoms with van der Waals surface area (Å²) in [5.74, 6) is 1.27. The third kappa shape index (κ3) is 4.99. The van der Waals surface area contributed by atoms with Gasteiger partial charge in [-0.05, 0) is 62.4 Å². The van der Waals surface area contributed by atoms with Crippen molar-refractivity contribution in [3.05, 3.63) is 82.7 Å². The number of thiazole rings is 1. The van der Waals surface area contributed by atoms with E-state index in [1.165, 1.54) is 11.3 Å². The molecule has 2 aromatic carbocycles. The Morgan fingerprint density at radius 2 is 2.09 bits per heavy atom. The number of benzene rings is 2. The number of hydrogen-bond acceptors (Lipinski definition) is 7. The quantitative estimate of drug-likeness (QED) is 0.396. The van der Waals surface area contributed by atoms with Crippen LogP contribution in [0.3, 0.4) is 0 Å². The van der Waals surface area contributed by atoms with E-state index in [0.717, 1.165) is 34.0 Å². The molecule has 0 aliphatic carbocycles. The molecule has 9 heteroatoms. The molecule has 0 unspecified atom stereocenters. The Morgan fingerprint density at radius 3 is 2.86 bits per heavy atom. The first-order chi connectivity index (χ1) is 17.1. The molecule has 0 saturated heterocycles. The monoisotopic (exact) mass is 485 g/mol. The number of carbonyl (C=O) groups is 1. The van der Waals surface area contributed by atoms with Gasteiger partial charge in [0.15, 0.2) is 6.61 Å². The molecular formula is C26H23N5O3S. The van der Waals surface area contributed by atoms with Crippen LogP contribution in [0.5, 0.6) is 11.5 Å². The van der Waals surface area contributed by atoms with Gasteiger partial charge in [-0.25, -0.2) is 9.67 Å². The summed E-state index contributed by atoms with van der Waals surface area (Å²) in [6, 6.07) is 17.2. The number of rotatable bonds is 6. The van der Waals surface area contributed by atoms with Crippen molar-refractivity contribution < 1.29 is 14.3 Å². The van der Waals surface area contributed by atoms with Crippen LogP contribution in [0, 0.1) is 0 Å². The van der Waals surface area contributed by atoms with Crippen LogP contribution in [0.4, 0.5) is 11.4 Å². The van der Waals surface area contributed by atoms with Crippen molar-refractivity contribution in [1.82, 2.24) is 9.66 Å². The van der Waals surface area contributed by atoms with E-state index in [9.17, 15) is 4.79 Å². The lowest BCUT2D eigenvalue weighted by molar-refractivity contribution is -0.118. The highest BCUT2D eigenvalue weighted by atomic mass is 32.1. The van der Waals surface area contributed by atoms with Crippen LogP contribution >= 0.6 is 11.3 Å². The van der Waals surface area contributed by atoms with Gasteiger partial charge in [-0.2, -0.15) is 5.10 Å². The van der Waals surface area contributed by atoms with Crippen LogP contribution in [-0.2, 0) is 4.79 Å². The minimum atomic E-state index is -0.176. The molecule has 1 N–H and O–H groups in total. The minimum Gasteiger partial charge on any atom is -0.494 e. The Bertz CT molecular complexity index is 1460. The fourth-order valence-corrected chi connectivity index (χ4v) is 4.44. The van der Waals surface area contributed by atoms with Crippen molar-refractivity contribution in [1.29, 1.82) is 0 Å². The Labute approximate surface area is 206 Å². The Morgan fingerprint density at radius 1 is 1.23 bits per heavy atom. The number of ether oxygens (including phenoxy) is 2. The summed E-state index contributed by atoms with van der Waals surface area (Å²) >= 11 is 1.48. The largest absolute Gasteiger partial charge is 0.494 e. The van der Waals surface area contributed by atoms with E-state index in [-0.39, 0.29) is 12.5 Å². The van der Waals surface area contributed by atoms with E-state index in [1.54, 1.807) is 12.4 Å². The first kappa shape index (κ1) is 22.5. The summed E-state index contributed by atoms with van der Waals surface area (Å²) in [5.41, 5.74) is 4.84. The van der Waals surface area contributed by atoms with Gasteiger partial charge >= 0.3 is 0 Å². The average Bonchev–Trinajstić information content (AvgIpc) is 3.27. The molecule has 35 heavy (non-hydrogen) atoms. The van der Waals surface area contributed by atoms with Gasteiger partial charge in [0.1, 0.15) is 11.5 Å². The van der Waals surface area contributed by atoms with E-state index < -0.39 is 0 Å². The first-order valence-electron chi connectivity index (χ1n) is 11.1. The van der Waals surface area contributed by atoms with E-state index in [1.807, 2.05) is 78.5 Å². The zero-order valence-electron chi connectivity index (χ0n) is 19.3. The number of nitrogens with zero attached hydrogens (tertiary/aromatic N) is 4. The van der Waals surface area contributed by atoms with Crippen LogP contribution in [-0.4, -0.2) is 34.5 Å². The predicted octanol–water partition coefficient (Wildman–Crippen LogP) is 4.85. The normalized spacial score (nSPS) is 13.7. The molecule has 2 aromatic heterocycles. The van der Waals surface area contributed by atoms with E-state index >= 15 is 0 Å². The average molecular weight is 486 g/mol. The second-order valence-corrected chi connectivity index (χ2v) is 8.57. The van der Waals surface area contributed by atoms with Crippen LogP contribution in [0.15, 0.2) is 82.5 Å². The van der Waals surface area contributed by atoms with Crippen LogP contribution in [0.2, 0.25) is 0 Å². The molecule has 1 aliphatic heterocycles. The number of fused-ring (bicyclic) bond motifs is 1. The summed E-state index contributed by atoms with van der Waals surface area (Å²) < 4.78 is 12.9. The number of aromatic nitrogens is 2. The number of hydrogen-bond donors (Lipinski definition) is 1. The Balaban J connectivity index is 1.62. The maximum absolute atomic E-state index is 11.8. The lowest BCUT2D eigenvalue weighted by Crippen LogP contribution is -2.25. The highest BCUT2D eigenvalue weighted by molar-refractivity contribution is 7.07. The molecule has 0 radical (unpaired) electrons. The van der Waals surface area contributed by atoms with Crippen LogP contribution in [0.25, 0.3) is 11.3 Å². The summed E-state index contributed by atoms with van der Waals surface area (Å²) in [4.78, 5) is 21.6. The lowest BCUT2D eigenvalue weighted by atomic mass is 10.1. The molecule has 0 spiro atoms. The number of carbonyl (C=O) groups excluding carboxylic acids is 1. The predicted molar refractivity (Wildman–Crippen MR) is 137 cm³/mol. The van der Waals surface area contributed by atoms with Gasteiger partial charge in [-0.3, -0.25) is 9.78 Å². The van der Waals surface area contributed by atoms with Crippen molar-refractivity contribution in [3.8, 4) is 22.8 Å². The summed E-state index contributed by atoms with van der Waals surface area (Å²) in [6.45, 7) is 4.52. The third-order valence-electron chi connectivity index (χ3n) is 5.30. The topological polar surface area (TPSA) is 90.1 Å². The van der Waals surface area contributed by atoms with Crippen molar-refractivity contribution in [2.24, 2.45) is 10.1 Å². The number of nitrogens with one attached hydrogen (secondary N) is 1. The van der Waals surface area contributed by atoms with Crippen LogP contribution < -0.4 is 19.6 Å². The van der Waals surface area contributed by atoms with Gasteiger partial charge in [-0.15, -0.1) is 11.3 Å². The minimum absolute atomic E-state index is 0.0184. The molecular weight excluding hydrogens is 462 g/mol. The molecule has 0 bridgehead atoms. The molecule has 3 heterocycles. The van der Waals surface area contributed by atoms with Gasteiger partial charge in [-0.1, -0.05) is 6.07 Å². The fraction of sp³-hybridized carbons (Fsp3) is 0.154. The van der Waals surface area contributed by atoms with Gasteiger partial charge in [0.05, 0.1) is 29.4 Å². The zero-order valence-corrected chi connectivity index (χ0v) is 20.1. The van der Waals surface area contributed by atoms with Crippen molar-refractivity contribution in [3.63, 3.8) is 0 Å². The highest BCUT2D eigenvalue weighted by Gasteiger charge is 2.18. The standard InChI is InChI=1S/C26H23N5O3S/c1-3-33-21-9-7-20(8-10-21)28-26-31(30-17(2)19-5-4-12-27-14-19)23(16-35-26)18-6-11-24-22(13-18)29-25(32)15-34-24/h4-14,16H,3,15H2,1-2H3,(H,29,32)/b28-26?,30-17+. The maximum atomic E-state index is 11.8. The maximum Gasteiger partial charge on any atom is 0.262 e. The third-order valence-corrected chi connectivity index (χ3v) is 6.11. The smallest absolute Gasteiger partial charge is 0.262 e. The highest BCUT2D eigenvalue weighted by Crippen LogP contribution is 2.33. The molecule has 0 saturated carbocycles. The molecule has 5 rings (SSSR count). The molecule has 4 aromatic rings. The lowest BCUT2D eigenvalue weighted by Gasteiger charge is -2.18. The second-order valence-electron chi connectivity index (χ2n) is 7.73. The molecule has 176 valence electrons. The number of amides is 1. The number of pyridine rings is 1. The fourth-order valence-electron chi connectivity index (χ4n) is 3.59. The van der Waals surface area contributed by atoms with E-state index in [4.69, 9.17) is 19.6 Å². The van der Waals surface area contributed by atoms with Gasteiger partial charge < -0.3 is 14.8 Å². The molecule has 1 amide bonds. The Hall–Kier alpha value is -4.24. The van der Waals surface area contributed by atoms with Gasteiger partial charge in [0, 0.05) is 28.9 Å². The van der Waals surface area contributed by atoms with Gasteiger partial charge in [0.2, 0.25) is 4.80 Å². The van der Waals surface area contributed by atoms with Crippen molar-refractivity contribution in [2.45, 2.75) is 13.8 Å². The zero-order chi connectivity index (χ0) is 24.2. The van der Waals surface area contributed by atoms with E-state index in [2.05, 4.69) is 10.3 Å². The SMILES string of the molecule is CCOc1ccc(N=c2scc(-c3ccc4c(c3)NC(=O)CO4)n2/N=C(\C)c2cccnc2)cc1. The summed E-state index contributed by atoms with van der Waals surface area (Å²) in [6.07, 6.45) is 3.51. The summed E-state index contributed by atoms with van der Waals surface area (Å²) in [7, 11) is 0. The molecule has 8 nitrogen and oxygen atoms in total. The first-order valence-corrected chi connectivity index (χ1v) is 12.0. The van der Waals surface area contributed by atoms with Crippen molar-refractivity contribution >= 4 is 34.3 Å². The molecule has 0 fully saturated rings. The second kappa shape index (κ2) is 9.94. The van der Waals surface area contributed by atoms with Crippen molar-refractivity contribution in [2.75, 3.05) is 18.5 Å².